The highest BCUT2D eigenvalue weighted by atomic mass is 16.6. The molecule has 0 N–H and O–H groups in total. The molecule has 0 atom stereocenters. The molecule has 1 aromatic rings. The molecule has 0 bridgehead atoms. The van der Waals surface area contributed by atoms with Crippen molar-refractivity contribution in [3.05, 3.63) is 29.8 Å². The lowest BCUT2D eigenvalue weighted by Crippen LogP contribution is -2.24. The zero-order chi connectivity index (χ0) is 14.2. The van der Waals surface area contributed by atoms with Crippen LogP contribution in [0.15, 0.2) is 29.4 Å². The molecule has 0 amide bonds. The van der Waals surface area contributed by atoms with E-state index in [1.807, 2.05) is 24.3 Å². The Labute approximate surface area is 121 Å². The number of oxime groups is 1. The van der Waals surface area contributed by atoms with Gasteiger partial charge in [0.05, 0.1) is 12.3 Å². The lowest BCUT2D eigenvalue weighted by molar-refractivity contribution is 0.129. The summed E-state index contributed by atoms with van der Waals surface area (Å²) in [5.74, 6) is 0.907. The molecular weight excluding hydrogens is 252 g/mol. The third-order valence-electron chi connectivity index (χ3n) is 3.57. The maximum atomic E-state index is 5.60. The first-order valence-corrected chi connectivity index (χ1v) is 7.48. The molecule has 4 heteroatoms. The van der Waals surface area contributed by atoms with Gasteiger partial charge in [-0.2, -0.15) is 0 Å². The Bertz CT molecular complexity index is 442. The predicted octanol–water partition coefficient (Wildman–Crippen LogP) is 2.92. The molecule has 0 saturated carbocycles. The van der Waals surface area contributed by atoms with Crippen LogP contribution in [-0.2, 0) is 4.84 Å². The van der Waals surface area contributed by atoms with Crippen molar-refractivity contribution in [2.24, 2.45) is 5.16 Å². The maximum Gasteiger partial charge on any atom is 0.128 e. The molecule has 20 heavy (non-hydrogen) atoms. The summed E-state index contributed by atoms with van der Waals surface area (Å²) >= 11 is 0. The second-order valence-electron chi connectivity index (χ2n) is 4.85. The molecule has 0 radical (unpaired) electrons. The minimum absolute atomic E-state index is 0.670. The first-order valence-electron chi connectivity index (χ1n) is 7.48. The summed E-state index contributed by atoms with van der Waals surface area (Å²) in [7, 11) is 0. The Kier molecular flexibility index (Phi) is 5.87. The molecule has 0 aliphatic carbocycles. The fourth-order valence-electron chi connectivity index (χ4n) is 2.33. The minimum Gasteiger partial charge on any atom is -0.492 e. The van der Waals surface area contributed by atoms with Gasteiger partial charge in [-0.15, -0.1) is 0 Å². The highest BCUT2D eigenvalue weighted by Gasteiger charge is 2.16. The summed E-state index contributed by atoms with van der Waals surface area (Å²) in [5.41, 5.74) is 2.05. The quantitative estimate of drug-likeness (QED) is 0.567. The number of nitrogens with zero attached hydrogens (tertiary/aromatic N) is 2. The average Bonchev–Trinajstić information content (AvgIpc) is 2.51. The standard InChI is InChI=1S/C16H24N2O2/c1-3-18(4-2)11-7-12-20-17-15-10-13-19-16-9-6-5-8-14(15)16/h5-6,8-9H,3-4,7,10-13H2,1-2H3/b17-15-. The number of hydrogen-bond donors (Lipinski definition) is 0. The number of benzene rings is 1. The van der Waals surface area contributed by atoms with Gasteiger partial charge in [-0.05, 0) is 31.6 Å². The van der Waals surface area contributed by atoms with Gasteiger partial charge in [-0.1, -0.05) is 31.1 Å². The smallest absolute Gasteiger partial charge is 0.128 e. The lowest BCUT2D eigenvalue weighted by atomic mass is 10.0. The maximum absolute atomic E-state index is 5.60. The van der Waals surface area contributed by atoms with E-state index in [1.54, 1.807) is 0 Å². The van der Waals surface area contributed by atoms with Crippen molar-refractivity contribution < 1.29 is 9.57 Å². The summed E-state index contributed by atoms with van der Waals surface area (Å²) in [4.78, 5) is 7.86. The van der Waals surface area contributed by atoms with Gasteiger partial charge in [0.15, 0.2) is 0 Å². The van der Waals surface area contributed by atoms with Gasteiger partial charge < -0.3 is 14.5 Å². The number of rotatable bonds is 7. The predicted molar refractivity (Wildman–Crippen MR) is 81.4 cm³/mol. The van der Waals surface area contributed by atoms with Crippen LogP contribution in [0.4, 0.5) is 0 Å². The Morgan fingerprint density at radius 2 is 2.05 bits per heavy atom. The van der Waals surface area contributed by atoms with E-state index in [2.05, 4.69) is 23.9 Å². The SMILES string of the molecule is CCN(CC)CCCO/N=C1/CCOc2ccccc21. The molecule has 1 aliphatic heterocycles. The fraction of sp³-hybridized carbons (Fsp3) is 0.562. The van der Waals surface area contributed by atoms with Crippen LogP contribution in [0.25, 0.3) is 0 Å². The molecule has 0 aromatic heterocycles. The summed E-state index contributed by atoms with van der Waals surface area (Å²) in [6, 6.07) is 7.99. The van der Waals surface area contributed by atoms with Crippen LogP contribution in [0.1, 0.15) is 32.3 Å². The number of fused-ring (bicyclic) bond motifs is 1. The second-order valence-corrected chi connectivity index (χ2v) is 4.85. The average molecular weight is 276 g/mol. The first kappa shape index (κ1) is 14.9. The molecule has 110 valence electrons. The van der Waals surface area contributed by atoms with E-state index in [4.69, 9.17) is 9.57 Å². The molecule has 0 unspecified atom stereocenters. The Hall–Kier alpha value is -1.55. The monoisotopic (exact) mass is 276 g/mol. The van der Waals surface area contributed by atoms with Crippen LogP contribution in [0.5, 0.6) is 5.75 Å². The zero-order valence-electron chi connectivity index (χ0n) is 12.5. The summed E-state index contributed by atoms with van der Waals surface area (Å²) in [5, 5.41) is 4.29. The van der Waals surface area contributed by atoms with Crippen molar-refractivity contribution in [1.29, 1.82) is 0 Å². The van der Waals surface area contributed by atoms with Gasteiger partial charge >= 0.3 is 0 Å². The summed E-state index contributed by atoms with van der Waals surface area (Å²) in [6.45, 7) is 8.97. The highest BCUT2D eigenvalue weighted by Crippen LogP contribution is 2.24. The molecule has 0 saturated heterocycles. The normalized spacial score (nSPS) is 16.1. The second kappa shape index (κ2) is 7.90. The van der Waals surface area contributed by atoms with Crippen LogP contribution in [0.3, 0.4) is 0 Å². The summed E-state index contributed by atoms with van der Waals surface area (Å²) < 4.78 is 5.60. The van der Waals surface area contributed by atoms with Gasteiger partial charge in [0, 0.05) is 18.5 Å². The fourth-order valence-corrected chi connectivity index (χ4v) is 2.33. The van der Waals surface area contributed by atoms with Crippen molar-refractivity contribution in [3.63, 3.8) is 0 Å². The minimum atomic E-state index is 0.670. The Morgan fingerprint density at radius 3 is 2.85 bits per heavy atom. The van der Waals surface area contributed by atoms with E-state index in [9.17, 15) is 0 Å². The van der Waals surface area contributed by atoms with E-state index >= 15 is 0 Å². The molecule has 0 fully saturated rings. The molecule has 1 aromatic carbocycles. The van der Waals surface area contributed by atoms with Gasteiger partial charge in [-0.3, -0.25) is 0 Å². The van der Waals surface area contributed by atoms with E-state index < -0.39 is 0 Å². The lowest BCUT2D eigenvalue weighted by Gasteiger charge is -2.19. The van der Waals surface area contributed by atoms with Crippen LogP contribution < -0.4 is 4.74 Å². The highest BCUT2D eigenvalue weighted by molar-refractivity contribution is 6.03. The number of ether oxygens (including phenoxy) is 1. The van der Waals surface area contributed by atoms with Gasteiger partial charge in [0.1, 0.15) is 12.4 Å². The third-order valence-corrected chi connectivity index (χ3v) is 3.57. The molecular formula is C16H24N2O2. The van der Waals surface area contributed by atoms with Crippen molar-refractivity contribution in [2.45, 2.75) is 26.7 Å². The van der Waals surface area contributed by atoms with Gasteiger partial charge in [-0.25, -0.2) is 0 Å². The molecule has 2 rings (SSSR count). The van der Waals surface area contributed by atoms with Gasteiger partial charge in [0.25, 0.3) is 0 Å². The topological polar surface area (TPSA) is 34.1 Å². The van der Waals surface area contributed by atoms with E-state index in [-0.39, 0.29) is 0 Å². The van der Waals surface area contributed by atoms with Crippen LogP contribution >= 0.6 is 0 Å². The first-order chi connectivity index (χ1) is 9.85. The van der Waals surface area contributed by atoms with Crippen molar-refractivity contribution in [3.8, 4) is 5.75 Å². The van der Waals surface area contributed by atoms with E-state index in [1.165, 1.54) is 0 Å². The molecule has 4 nitrogen and oxygen atoms in total. The van der Waals surface area contributed by atoms with Crippen LogP contribution in [0.2, 0.25) is 0 Å². The van der Waals surface area contributed by atoms with Crippen LogP contribution in [0, 0.1) is 0 Å². The largest absolute Gasteiger partial charge is 0.492 e. The number of para-hydroxylation sites is 1. The van der Waals surface area contributed by atoms with Crippen molar-refractivity contribution in [1.82, 2.24) is 4.90 Å². The number of hydrogen-bond acceptors (Lipinski definition) is 4. The Balaban J connectivity index is 1.81. The Morgan fingerprint density at radius 1 is 1.25 bits per heavy atom. The van der Waals surface area contributed by atoms with Crippen molar-refractivity contribution >= 4 is 5.71 Å². The zero-order valence-corrected chi connectivity index (χ0v) is 12.5. The molecule has 0 spiro atoms. The van der Waals surface area contributed by atoms with Gasteiger partial charge in [0.2, 0.25) is 0 Å². The summed E-state index contributed by atoms with van der Waals surface area (Å²) in [6.07, 6.45) is 1.82. The molecule has 1 heterocycles. The van der Waals surface area contributed by atoms with Crippen LogP contribution in [-0.4, -0.2) is 43.5 Å². The van der Waals surface area contributed by atoms with E-state index in [0.717, 1.165) is 49.5 Å². The molecule has 1 aliphatic rings. The third kappa shape index (κ3) is 3.97. The van der Waals surface area contributed by atoms with E-state index in [0.29, 0.717) is 13.2 Å². The van der Waals surface area contributed by atoms with Crippen molar-refractivity contribution in [2.75, 3.05) is 32.8 Å².